The summed E-state index contributed by atoms with van der Waals surface area (Å²) in [5.41, 5.74) is 1.19. The summed E-state index contributed by atoms with van der Waals surface area (Å²) in [7, 11) is 0. The van der Waals surface area contributed by atoms with Crippen molar-refractivity contribution in [2.24, 2.45) is 0 Å². The second-order valence-corrected chi connectivity index (χ2v) is 3.56. The van der Waals surface area contributed by atoms with Crippen molar-refractivity contribution < 1.29 is 9.84 Å². The third-order valence-electron chi connectivity index (χ3n) is 2.00. The van der Waals surface area contributed by atoms with E-state index in [0.29, 0.717) is 13.2 Å². The van der Waals surface area contributed by atoms with Crippen LogP contribution in [0.3, 0.4) is 0 Å². The standard InChI is InChI=1S/C12H19NO2/c1-3-15-12-6-4-11(5-7-12)9-13-8-10(2)14/h4-7,10,13-14H,3,8-9H2,1-2H3/t10-/m1/s1. The number of rotatable bonds is 6. The summed E-state index contributed by atoms with van der Waals surface area (Å²) in [5, 5.41) is 12.2. The van der Waals surface area contributed by atoms with Gasteiger partial charge in [0.25, 0.3) is 0 Å². The van der Waals surface area contributed by atoms with E-state index in [2.05, 4.69) is 5.32 Å². The van der Waals surface area contributed by atoms with E-state index in [1.165, 1.54) is 5.56 Å². The Morgan fingerprint density at radius 1 is 1.33 bits per heavy atom. The molecule has 0 aromatic heterocycles. The first-order chi connectivity index (χ1) is 7.22. The molecule has 0 spiro atoms. The molecule has 2 N–H and O–H groups in total. The molecule has 0 bridgehead atoms. The van der Waals surface area contributed by atoms with Gasteiger partial charge in [-0.25, -0.2) is 0 Å². The van der Waals surface area contributed by atoms with Crippen molar-refractivity contribution in [3.63, 3.8) is 0 Å². The highest BCUT2D eigenvalue weighted by molar-refractivity contribution is 5.27. The van der Waals surface area contributed by atoms with Crippen LogP contribution in [0.25, 0.3) is 0 Å². The molecule has 0 aliphatic carbocycles. The van der Waals surface area contributed by atoms with Gasteiger partial charge in [0.15, 0.2) is 0 Å². The van der Waals surface area contributed by atoms with E-state index in [4.69, 9.17) is 9.84 Å². The number of aliphatic hydroxyl groups is 1. The Morgan fingerprint density at radius 3 is 2.53 bits per heavy atom. The van der Waals surface area contributed by atoms with Gasteiger partial charge in [0.2, 0.25) is 0 Å². The molecule has 0 amide bonds. The third kappa shape index (κ3) is 4.81. The molecule has 0 radical (unpaired) electrons. The fraction of sp³-hybridized carbons (Fsp3) is 0.500. The predicted molar refractivity (Wildman–Crippen MR) is 61.0 cm³/mol. The molecular formula is C12H19NO2. The van der Waals surface area contributed by atoms with Crippen LogP contribution in [0, 0.1) is 0 Å². The van der Waals surface area contributed by atoms with Gasteiger partial charge in [0, 0.05) is 13.1 Å². The molecule has 0 fully saturated rings. The molecular weight excluding hydrogens is 190 g/mol. The molecule has 0 saturated heterocycles. The molecule has 0 aliphatic rings. The van der Waals surface area contributed by atoms with Crippen molar-refractivity contribution in [1.82, 2.24) is 5.32 Å². The van der Waals surface area contributed by atoms with Crippen LogP contribution in [0.2, 0.25) is 0 Å². The Morgan fingerprint density at radius 2 is 2.00 bits per heavy atom. The lowest BCUT2D eigenvalue weighted by Crippen LogP contribution is -2.23. The van der Waals surface area contributed by atoms with Crippen molar-refractivity contribution in [3.8, 4) is 5.75 Å². The lowest BCUT2D eigenvalue weighted by atomic mass is 10.2. The van der Waals surface area contributed by atoms with Crippen molar-refractivity contribution in [3.05, 3.63) is 29.8 Å². The van der Waals surface area contributed by atoms with Crippen molar-refractivity contribution >= 4 is 0 Å². The molecule has 1 aromatic rings. The van der Waals surface area contributed by atoms with Gasteiger partial charge in [-0.3, -0.25) is 0 Å². The number of ether oxygens (including phenoxy) is 1. The molecule has 0 heterocycles. The summed E-state index contributed by atoms with van der Waals surface area (Å²) in [6.45, 7) is 5.83. The lowest BCUT2D eigenvalue weighted by molar-refractivity contribution is 0.191. The third-order valence-corrected chi connectivity index (χ3v) is 2.00. The van der Waals surface area contributed by atoms with Crippen LogP contribution >= 0.6 is 0 Å². The first kappa shape index (κ1) is 12.0. The maximum Gasteiger partial charge on any atom is 0.119 e. The highest BCUT2D eigenvalue weighted by Crippen LogP contribution is 2.11. The number of benzene rings is 1. The first-order valence-corrected chi connectivity index (χ1v) is 5.33. The van der Waals surface area contributed by atoms with Gasteiger partial charge in [-0.2, -0.15) is 0 Å². The van der Waals surface area contributed by atoms with Crippen molar-refractivity contribution in [2.45, 2.75) is 26.5 Å². The summed E-state index contributed by atoms with van der Waals surface area (Å²) in [6, 6.07) is 7.98. The van der Waals surface area contributed by atoms with Gasteiger partial charge >= 0.3 is 0 Å². The summed E-state index contributed by atoms with van der Waals surface area (Å²) in [5.74, 6) is 0.900. The van der Waals surface area contributed by atoms with Crippen LogP contribution < -0.4 is 10.1 Å². The molecule has 3 heteroatoms. The van der Waals surface area contributed by atoms with E-state index >= 15 is 0 Å². The van der Waals surface area contributed by atoms with E-state index in [9.17, 15) is 0 Å². The molecule has 1 atom stereocenters. The Balaban J connectivity index is 2.36. The molecule has 3 nitrogen and oxygen atoms in total. The zero-order valence-corrected chi connectivity index (χ0v) is 9.36. The smallest absolute Gasteiger partial charge is 0.119 e. The first-order valence-electron chi connectivity index (χ1n) is 5.33. The second kappa shape index (κ2) is 6.43. The van der Waals surface area contributed by atoms with E-state index in [1.54, 1.807) is 6.92 Å². The average Bonchev–Trinajstić information content (AvgIpc) is 2.20. The van der Waals surface area contributed by atoms with Crippen LogP contribution in [0.5, 0.6) is 5.75 Å². The fourth-order valence-corrected chi connectivity index (χ4v) is 1.30. The average molecular weight is 209 g/mol. The quantitative estimate of drug-likeness (QED) is 0.747. The Labute approximate surface area is 91.1 Å². The molecule has 1 aromatic carbocycles. The Bertz CT molecular complexity index is 269. The van der Waals surface area contributed by atoms with Crippen molar-refractivity contribution in [2.75, 3.05) is 13.2 Å². The lowest BCUT2D eigenvalue weighted by Gasteiger charge is -2.08. The highest BCUT2D eigenvalue weighted by Gasteiger charge is 1.96. The van der Waals surface area contributed by atoms with Crippen molar-refractivity contribution in [1.29, 1.82) is 0 Å². The minimum Gasteiger partial charge on any atom is -0.494 e. The largest absolute Gasteiger partial charge is 0.494 e. The van der Waals surface area contributed by atoms with Crippen LogP contribution in [0.15, 0.2) is 24.3 Å². The summed E-state index contributed by atoms with van der Waals surface area (Å²) in [4.78, 5) is 0. The molecule has 84 valence electrons. The summed E-state index contributed by atoms with van der Waals surface area (Å²) >= 11 is 0. The van der Waals surface area contributed by atoms with Crippen LogP contribution in [-0.2, 0) is 6.54 Å². The van der Waals surface area contributed by atoms with Gasteiger partial charge < -0.3 is 15.2 Å². The number of hydrogen-bond acceptors (Lipinski definition) is 3. The maximum atomic E-state index is 9.06. The Kier molecular flexibility index (Phi) is 5.15. The monoisotopic (exact) mass is 209 g/mol. The summed E-state index contributed by atoms with van der Waals surface area (Å²) in [6.07, 6.45) is -0.298. The number of aliphatic hydroxyl groups excluding tert-OH is 1. The fourth-order valence-electron chi connectivity index (χ4n) is 1.30. The predicted octanol–water partition coefficient (Wildman–Crippen LogP) is 1.56. The van der Waals surface area contributed by atoms with Crippen LogP contribution in [0.4, 0.5) is 0 Å². The molecule has 0 saturated carbocycles. The molecule has 1 rings (SSSR count). The second-order valence-electron chi connectivity index (χ2n) is 3.56. The molecule has 0 aliphatic heterocycles. The topological polar surface area (TPSA) is 41.5 Å². The SMILES string of the molecule is CCOc1ccc(CNC[C@@H](C)O)cc1. The van der Waals surface area contributed by atoms with E-state index in [-0.39, 0.29) is 6.10 Å². The van der Waals surface area contributed by atoms with E-state index in [1.807, 2.05) is 31.2 Å². The summed E-state index contributed by atoms with van der Waals surface area (Å²) < 4.78 is 5.34. The minimum absolute atomic E-state index is 0.298. The van der Waals surface area contributed by atoms with Gasteiger partial charge in [-0.15, -0.1) is 0 Å². The zero-order chi connectivity index (χ0) is 11.1. The number of hydrogen-bond donors (Lipinski definition) is 2. The Hall–Kier alpha value is -1.06. The van der Waals surface area contributed by atoms with Gasteiger partial charge in [-0.1, -0.05) is 12.1 Å². The normalized spacial score (nSPS) is 12.5. The minimum atomic E-state index is -0.298. The van der Waals surface area contributed by atoms with E-state index in [0.717, 1.165) is 12.3 Å². The number of nitrogens with one attached hydrogen (secondary N) is 1. The molecule has 0 unspecified atom stereocenters. The highest BCUT2D eigenvalue weighted by atomic mass is 16.5. The van der Waals surface area contributed by atoms with Gasteiger partial charge in [-0.05, 0) is 31.5 Å². The van der Waals surface area contributed by atoms with Crippen LogP contribution in [-0.4, -0.2) is 24.4 Å². The molecule has 15 heavy (non-hydrogen) atoms. The van der Waals surface area contributed by atoms with Crippen LogP contribution in [0.1, 0.15) is 19.4 Å². The van der Waals surface area contributed by atoms with Gasteiger partial charge in [0.05, 0.1) is 12.7 Å². The van der Waals surface area contributed by atoms with E-state index < -0.39 is 0 Å². The zero-order valence-electron chi connectivity index (χ0n) is 9.36. The van der Waals surface area contributed by atoms with Gasteiger partial charge in [0.1, 0.15) is 5.75 Å². The maximum absolute atomic E-state index is 9.06.